The normalized spacial score (nSPS) is 10.4. The Morgan fingerprint density at radius 3 is 2.39 bits per heavy atom. The number of ketones is 1. The summed E-state index contributed by atoms with van der Waals surface area (Å²) in [6, 6.07) is 9.36. The lowest BCUT2D eigenvalue weighted by atomic mass is 10.0. The molecule has 0 aliphatic carbocycles. The first-order chi connectivity index (χ1) is 8.49. The molecule has 18 heavy (non-hydrogen) atoms. The van der Waals surface area contributed by atoms with Crippen LogP contribution in [0.1, 0.15) is 21.5 Å². The summed E-state index contributed by atoms with van der Waals surface area (Å²) in [5.41, 5.74) is 7.53. The van der Waals surface area contributed by atoms with E-state index in [1.807, 2.05) is 0 Å². The Morgan fingerprint density at radius 1 is 1.17 bits per heavy atom. The molecule has 0 bridgehead atoms. The lowest BCUT2D eigenvalue weighted by molar-refractivity contribution is 0.103. The lowest BCUT2D eigenvalue weighted by Gasteiger charge is -2.05. The molecule has 0 aromatic heterocycles. The molecule has 2 aromatic rings. The van der Waals surface area contributed by atoms with Gasteiger partial charge in [-0.2, -0.15) is 0 Å². The fraction of sp³-hybridized carbons (Fsp3) is 0.0714. The van der Waals surface area contributed by atoms with Crippen LogP contribution in [0.4, 0.5) is 10.1 Å². The molecule has 2 N–H and O–H groups in total. The number of nitrogen functional groups attached to an aromatic ring is 1. The van der Waals surface area contributed by atoms with Gasteiger partial charge in [-0.1, -0.05) is 12.1 Å². The fourth-order valence-corrected chi connectivity index (χ4v) is 1.95. The average molecular weight is 308 g/mol. The molecule has 0 heterocycles. The van der Waals surface area contributed by atoms with Crippen LogP contribution in [0.15, 0.2) is 40.9 Å². The molecule has 0 saturated heterocycles. The Morgan fingerprint density at radius 2 is 1.78 bits per heavy atom. The quantitative estimate of drug-likeness (QED) is 0.679. The van der Waals surface area contributed by atoms with Crippen molar-refractivity contribution in [3.8, 4) is 0 Å². The zero-order valence-electron chi connectivity index (χ0n) is 9.71. The third-order valence-corrected chi connectivity index (χ3v) is 3.38. The maximum Gasteiger partial charge on any atom is 0.193 e. The number of carbonyl (C=O) groups excluding carboxylic acids is 1. The van der Waals surface area contributed by atoms with Gasteiger partial charge in [-0.3, -0.25) is 4.79 Å². The third-order valence-electron chi connectivity index (χ3n) is 2.70. The van der Waals surface area contributed by atoms with Gasteiger partial charge < -0.3 is 5.73 Å². The summed E-state index contributed by atoms with van der Waals surface area (Å²) < 4.78 is 14.1. The van der Waals surface area contributed by atoms with Crippen LogP contribution in [0.3, 0.4) is 0 Å². The Kier molecular flexibility index (Phi) is 3.48. The molecule has 0 spiro atoms. The summed E-state index contributed by atoms with van der Waals surface area (Å²) in [4.78, 5) is 12.1. The summed E-state index contributed by atoms with van der Waals surface area (Å²) in [5, 5.41) is 0. The van der Waals surface area contributed by atoms with Crippen molar-refractivity contribution in [3.63, 3.8) is 0 Å². The highest BCUT2D eigenvalue weighted by Crippen LogP contribution is 2.22. The molecular weight excluding hydrogens is 297 g/mol. The molecule has 4 heteroatoms. The number of hydrogen-bond donors (Lipinski definition) is 1. The Hall–Kier alpha value is -1.68. The summed E-state index contributed by atoms with van der Waals surface area (Å²) in [7, 11) is 0. The minimum atomic E-state index is -0.379. The van der Waals surface area contributed by atoms with Gasteiger partial charge >= 0.3 is 0 Å². The SMILES string of the molecule is Cc1ccc(C(=O)c2ccc(N)c(Br)c2)cc1F. The van der Waals surface area contributed by atoms with Crippen molar-refractivity contribution in [2.45, 2.75) is 6.92 Å². The topological polar surface area (TPSA) is 43.1 Å². The highest BCUT2D eigenvalue weighted by atomic mass is 79.9. The minimum absolute atomic E-state index is 0.227. The maximum absolute atomic E-state index is 13.4. The predicted molar refractivity (Wildman–Crippen MR) is 73.1 cm³/mol. The van der Waals surface area contributed by atoms with Gasteiger partial charge in [-0.05, 0) is 52.7 Å². The van der Waals surface area contributed by atoms with Crippen LogP contribution in [0, 0.1) is 12.7 Å². The summed E-state index contributed by atoms with van der Waals surface area (Å²) >= 11 is 3.26. The van der Waals surface area contributed by atoms with E-state index in [0.717, 1.165) is 0 Å². The molecule has 0 unspecified atom stereocenters. The second kappa shape index (κ2) is 4.90. The number of rotatable bonds is 2. The highest BCUT2D eigenvalue weighted by Gasteiger charge is 2.11. The molecule has 0 fully saturated rings. The molecular formula is C14H11BrFNO. The summed E-state index contributed by atoms with van der Waals surface area (Å²) in [6.07, 6.45) is 0. The highest BCUT2D eigenvalue weighted by molar-refractivity contribution is 9.10. The Labute approximate surface area is 113 Å². The molecule has 0 aliphatic heterocycles. The number of nitrogens with two attached hydrogens (primary N) is 1. The minimum Gasteiger partial charge on any atom is -0.398 e. The van der Waals surface area contributed by atoms with Crippen molar-refractivity contribution in [1.29, 1.82) is 0 Å². The smallest absolute Gasteiger partial charge is 0.193 e. The van der Waals surface area contributed by atoms with Crippen molar-refractivity contribution in [2.24, 2.45) is 0 Å². The van der Waals surface area contributed by atoms with E-state index >= 15 is 0 Å². The van der Waals surface area contributed by atoms with E-state index in [1.54, 1.807) is 37.3 Å². The van der Waals surface area contributed by atoms with E-state index in [9.17, 15) is 9.18 Å². The Bertz CT molecular complexity index is 572. The molecule has 0 saturated carbocycles. The van der Waals surface area contributed by atoms with Crippen LogP contribution in [0.2, 0.25) is 0 Å². The maximum atomic E-state index is 13.4. The number of halogens is 2. The molecule has 2 aromatic carbocycles. The van der Waals surface area contributed by atoms with Gasteiger partial charge in [0, 0.05) is 21.3 Å². The van der Waals surface area contributed by atoms with Crippen molar-refractivity contribution in [2.75, 3.05) is 5.73 Å². The van der Waals surface area contributed by atoms with Crippen LogP contribution >= 0.6 is 15.9 Å². The molecule has 0 radical (unpaired) electrons. The molecule has 92 valence electrons. The third kappa shape index (κ3) is 2.43. The lowest BCUT2D eigenvalue weighted by Crippen LogP contribution is -2.03. The first kappa shape index (κ1) is 12.8. The summed E-state index contributed by atoms with van der Waals surface area (Å²) in [5.74, 6) is -0.607. The predicted octanol–water partition coefficient (Wildman–Crippen LogP) is 3.71. The first-order valence-electron chi connectivity index (χ1n) is 5.35. The first-order valence-corrected chi connectivity index (χ1v) is 6.14. The molecule has 2 nitrogen and oxygen atoms in total. The number of carbonyl (C=O) groups is 1. The number of benzene rings is 2. The van der Waals surface area contributed by atoms with Crippen molar-refractivity contribution in [1.82, 2.24) is 0 Å². The summed E-state index contributed by atoms with van der Waals surface area (Å²) in [6.45, 7) is 1.66. The molecule has 0 aliphatic rings. The standard InChI is InChI=1S/C14H11BrFNO/c1-8-2-3-10(7-12(8)16)14(18)9-4-5-13(17)11(15)6-9/h2-7H,17H2,1H3. The monoisotopic (exact) mass is 307 g/mol. The van der Waals surface area contributed by atoms with E-state index in [1.165, 1.54) is 6.07 Å². The van der Waals surface area contributed by atoms with E-state index in [-0.39, 0.29) is 11.6 Å². The van der Waals surface area contributed by atoms with Gasteiger partial charge in [0.1, 0.15) is 5.82 Å². The van der Waals surface area contributed by atoms with Crippen LogP contribution in [0.5, 0.6) is 0 Å². The zero-order chi connectivity index (χ0) is 13.3. The van der Waals surface area contributed by atoms with Gasteiger partial charge in [0.2, 0.25) is 0 Å². The van der Waals surface area contributed by atoms with Crippen LogP contribution in [0.25, 0.3) is 0 Å². The number of hydrogen-bond acceptors (Lipinski definition) is 2. The fourth-order valence-electron chi connectivity index (χ4n) is 1.57. The number of aryl methyl sites for hydroxylation is 1. The zero-order valence-corrected chi connectivity index (χ0v) is 11.3. The van der Waals surface area contributed by atoms with Gasteiger partial charge in [-0.25, -0.2) is 4.39 Å². The van der Waals surface area contributed by atoms with Gasteiger partial charge in [0.05, 0.1) is 0 Å². The largest absolute Gasteiger partial charge is 0.398 e. The van der Waals surface area contributed by atoms with E-state index in [0.29, 0.717) is 26.9 Å². The number of anilines is 1. The second-order valence-corrected chi connectivity index (χ2v) is 4.88. The van der Waals surface area contributed by atoms with Gasteiger partial charge in [-0.15, -0.1) is 0 Å². The van der Waals surface area contributed by atoms with Gasteiger partial charge in [0.15, 0.2) is 5.78 Å². The molecule has 2 rings (SSSR count). The van der Waals surface area contributed by atoms with Gasteiger partial charge in [0.25, 0.3) is 0 Å². The van der Waals surface area contributed by atoms with E-state index in [2.05, 4.69) is 15.9 Å². The molecule has 0 atom stereocenters. The van der Waals surface area contributed by atoms with Crippen LogP contribution in [-0.2, 0) is 0 Å². The van der Waals surface area contributed by atoms with E-state index in [4.69, 9.17) is 5.73 Å². The van der Waals surface area contributed by atoms with E-state index < -0.39 is 0 Å². The van der Waals surface area contributed by atoms with Crippen molar-refractivity contribution < 1.29 is 9.18 Å². The van der Waals surface area contributed by atoms with Crippen LogP contribution < -0.4 is 5.73 Å². The molecule has 0 amide bonds. The Balaban J connectivity index is 2.41. The van der Waals surface area contributed by atoms with Crippen molar-refractivity contribution >= 4 is 27.4 Å². The van der Waals surface area contributed by atoms with Crippen molar-refractivity contribution in [3.05, 3.63) is 63.4 Å². The average Bonchev–Trinajstić information content (AvgIpc) is 2.35. The van der Waals surface area contributed by atoms with Crippen LogP contribution in [-0.4, -0.2) is 5.78 Å². The second-order valence-electron chi connectivity index (χ2n) is 4.03.